The van der Waals surface area contributed by atoms with Crippen molar-refractivity contribution in [2.45, 2.75) is 24.8 Å². The van der Waals surface area contributed by atoms with E-state index in [1.807, 2.05) is 6.92 Å². The number of aromatic hydroxyl groups is 1. The number of thioether (sulfide) groups is 1. The van der Waals surface area contributed by atoms with Crippen molar-refractivity contribution in [1.29, 1.82) is 0 Å². The Balaban J connectivity index is 2.54. The molecule has 6 nitrogen and oxygen atoms in total. The lowest BCUT2D eigenvalue weighted by Gasteiger charge is -2.32. The first-order valence-electron chi connectivity index (χ1n) is 6.41. The number of sulfonamides is 1. The minimum atomic E-state index is -3.77. The number of hydrogen-bond acceptors (Lipinski definition) is 5. The van der Waals surface area contributed by atoms with E-state index in [1.165, 1.54) is 10.4 Å². The van der Waals surface area contributed by atoms with E-state index in [2.05, 4.69) is 0 Å². The lowest BCUT2D eigenvalue weighted by atomic mass is 10.1. The summed E-state index contributed by atoms with van der Waals surface area (Å²) in [7, 11) is -3.77. The van der Waals surface area contributed by atoms with Crippen molar-refractivity contribution >= 4 is 27.8 Å². The predicted molar refractivity (Wildman–Crippen MR) is 80.5 cm³/mol. The van der Waals surface area contributed by atoms with Crippen molar-refractivity contribution in [2.75, 3.05) is 18.1 Å². The van der Waals surface area contributed by atoms with E-state index >= 15 is 0 Å². The van der Waals surface area contributed by atoms with E-state index in [0.717, 1.165) is 6.07 Å². The van der Waals surface area contributed by atoms with Gasteiger partial charge in [-0.2, -0.15) is 16.1 Å². The highest BCUT2D eigenvalue weighted by Crippen LogP contribution is 2.30. The Hall–Kier alpha value is -1.25. The molecule has 2 N–H and O–H groups in total. The number of benzene rings is 1. The van der Waals surface area contributed by atoms with E-state index in [4.69, 9.17) is 5.11 Å². The summed E-state index contributed by atoms with van der Waals surface area (Å²) in [4.78, 5) is 11.0. The first-order chi connectivity index (χ1) is 9.75. The Bertz CT molecular complexity index is 671. The molecule has 2 rings (SSSR count). The van der Waals surface area contributed by atoms with Gasteiger partial charge in [0.1, 0.15) is 11.3 Å². The fourth-order valence-corrected chi connectivity index (χ4v) is 5.41. The maximum atomic E-state index is 12.7. The van der Waals surface area contributed by atoms with Crippen LogP contribution in [0.5, 0.6) is 5.75 Å². The van der Waals surface area contributed by atoms with Crippen LogP contribution in [-0.2, 0) is 10.0 Å². The summed E-state index contributed by atoms with van der Waals surface area (Å²) in [6.07, 6.45) is 0. The second kappa shape index (κ2) is 5.86. The number of carboxylic acids is 1. The summed E-state index contributed by atoms with van der Waals surface area (Å²) < 4.78 is 26.9. The minimum absolute atomic E-state index is 0.0588. The van der Waals surface area contributed by atoms with Gasteiger partial charge in [-0.05, 0) is 31.5 Å². The summed E-state index contributed by atoms with van der Waals surface area (Å²) in [6.45, 7) is 3.77. The molecule has 1 aliphatic rings. The summed E-state index contributed by atoms with van der Waals surface area (Å²) >= 11 is 1.69. The van der Waals surface area contributed by atoms with Gasteiger partial charge in [0.2, 0.25) is 10.0 Å². The van der Waals surface area contributed by atoms with Crippen molar-refractivity contribution in [3.05, 3.63) is 23.3 Å². The molecule has 8 heteroatoms. The highest BCUT2D eigenvalue weighted by atomic mass is 32.2. The predicted octanol–water partition coefficient (Wildman–Crippen LogP) is 1.52. The summed E-state index contributed by atoms with van der Waals surface area (Å²) in [5, 5.41) is 18.7. The van der Waals surface area contributed by atoms with Crippen molar-refractivity contribution in [2.24, 2.45) is 0 Å². The third kappa shape index (κ3) is 3.02. The van der Waals surface area contributed by atoms with E-state index in [1.54, 1.807) is 18.7 Å². The third-order valence-electron chi connectivity index (χ3n) is 3.42. The summed E-state index contributed by atoms with van der Waals surface area (Å²) in [5.41, 5.74) is -0.0684. The van der Waals surface area contributed by atoms with Gasteiger partial charge >= 0.3 is 5.97 Å². The number of nitrogens with zero attached hydrogens (tertiary/aromatic N) is 1. The summed E-state index contributed by atoms with van der Waals surface area (Å²) in [5.74, 6) is -0.360. The van der Waals surface area contributed by atoms with Gasteiger partial charge in [-0.1, -0.05) is 0 Å². The molecule has 1 aromatic carbocycles. The largest absolute Gasteiger partial charge is 0.507 e. The van der Waals surface area contributed by atoms with Crippen LogP contribution in [0.4, 0.5) is 0 Å². The monoisotopic (exact) mass is 331 g/mol. The second-order valence-corrected chi connectivity index (χ2v) is 7.99. The number of carbonyl (C=O) groups is 1. The Morgan fingerprint density at radius 2 is 2.10 bits per heavy atom. The van der Waals surface area contributed by atoms with Crippen LogP contribution in [0.2, 0.25) is 0 Å². The van der Waals surface area contributed by atoms with Gasteiger partial charge < -0.3 is 10.2 Å². The molecule has 1 aliphatic heterocycles. The van der Waals surface area contributed by atoms with E-state index < -0.39 is 27.3 Å². The molecule has 0 bridgehead atoms. The van der Waals surface area contributed by atoms with Crippen LogP contribution in [-0.4, -0.2) is 53.0 Å². The fraction of sp³-hybridized carbons (Fsp3) is 0.462. The standard InChI is InChI=1S/C13H17NO5S2/c1-8-5-11(15)10(13(16)17)6-12(8)21(18,19)14-3-4-20-7-9(14)2/h5-6,9,15H,3-4,7H2,1-2H3,(H,16,17). The zero-order valence-corrected chi connectivity index (χ0v) is 13.4. The molecule has 1 atom stereocenters. The quantitative estimate of drug-likeness (QED) is 0.872. The van der Waals surface area contributed by atoms with Crippen molar-refractivity contribution in [3.8, 4) is 5.75 Å². The first kappa shape index (κ1) is 16.1. The molecule has 0 radical (unpaired) electrons. The molecule has 1 saturated heterocycles. The van der Waals surface area contributed by atoms with E-state index in [9.17, 15) is 18.3 Å². The Morgan fingerprint density at radius 3 is 2.67 bits per heavy atom. The summed E-state index contributed by atoms with van der Waals surface area (Å²) in [6, 6.07) is 2.08. The van der Waals surface area contributed by atoms with Crippen molar-refractivity contribution < 1.29 is 23.4 Å². The molecule has 116 valence electrons. The maximum Gasteiger partial charge on any atom is 0.339 e. The molecule has 0 aromatic heterocycles. The number of carboxylic acid groups (broad SMARTS) is 1. The van der Waals surface area contributed by atoms with Crippen LogP contribution in [0.3, 0.4) is 0 Å². The second-order valence-electron chi connectivity index (χ2n) is 4.98. The van der Waals surface area contributed by atoms with Gasteiger partial charge in [0.05, 0.1) is 4.90 Å². The molecular weight excluding hydrogens is 314 g/mol. The smallest absolute Gasteiger partial charge is 0.339 e. The molecule has 21 heavy (non-hydrogen) atoms. The molecule has 0 saturated carbocycles. The maximum absolute atomic E-state index is 12.7. The Kier molecular flexibility index (Phi) is 4.50. The zero-order chi connectivity index (χ0) is 15.8. The molecule has 1 unspecified atom stereocenters. The molecule has 1 aromatic rings. The zero-order valence-electron chi connectivity index (χ0n) is 11.7. The van der Waals surface area contributed by atoms with Gasteiger partial charge in [-0.15, -0.1) is 0 Å². The average molecular weight is 331 g/mol. The third-order valence-corrected chi connectivity index (χ3v) is 6.76. The molecule has 1 heterocycles. The average Bonchev–Trinajstić information content (AvgIpc) is 2.38. The highest BCUT2D eigenvalue weighted by Gasteiger charge is 2.33. The van der Waals surface area contributed by atoms with Crippen LogP contribution < -0.4 is 0 Å². The van der Waals surface area contributed by atoms with E-state index in [-0.39, 0.29) is 10.9 Å². The molecule has 0 spiro atoms. The number of rotatable bonds is 3. The van der Waals surface area contributed by atoms with Gasteiger partial charge in [-0.25, -0.2) is 13.2 Å². The highest BCUT2D eigenvalue weighted by molar-refractivity contribution is 7.99. The van der Waals surface area contributed by atoms with Crippen molar-refractivity contribution in [3.63, 3.8) is 0 Å². The molecule has 0 aliphatic carbocycles. The van der Waals surface area contributed by atoms with Gasteiger partial charge in [0.15, 0.2) is 0 Å². The van der Waals surface area contributed by atoms with Crippen LogP contribution in [0.15, 0.2) is 17.0 Å². The van der Waals surface area contributed by atoms with Crippen LogP contribution in [0, 0.1) is 6.92 Å². The molecule has 1 fully saturated rings. The number of hydrogen-bond donors (Lipinski definition) is 2. The van der Waals surface area contributed by atoms with Gasteiger partial charge in [-0.3, -0.25) is 0 Å². The van der Waals surface area contributed by atoms with Crippen LogP contribution in [0.1, 0.15) is 22.8 Å². The van der Waals surface area contributed by atoms with Crippen LogP contribution >= 0.6 is 11.8 Å². The molecular formula is C13H17NO5S2. The fourth-order valence-electron chi connectivity index (χ4n) is 2.32. The minimum Gasteiger partial charge on any atom is -0.507 e. The number of aryl methyl sites for hydroxylation is 1. The Labute approximate surface area is 127 Å². The SMILES string of the molecule is Cc1cc(O)c(C(=O)O)cc1S(=O)(=O)N1CCSCC1C. The van der Waals surface area contributed by atoms with Gasteiger partial charge in [0.25, 0.3) is 0 Å². The molecule has 0 amide bonds. The first-order valence-corrected chi connectivity index (χ1v) is 9.01. The topological polar surface area (TPSA) is 94.9 Å². The normalized spacial score (nSPS) is 20.4. The van der Waals surface area contributed by atoms with E-state index in [0.29, 0.717) is 23.6 Å². The lowest BCUT2D eigenvalue weighted by Crippen LogP contribution is -2.44. The Morgan fingerprint density at radius 1 is 1.43 bits per heavy atom. The van der Waals surface area contributed by atoms with Gasteiger partial charge in [0, 0.05) is 24.1 Å². The van der Waals surface area contributed by atoms with Crippen LogP contribution in [0.25, 0.3) is 0 Å². The number of phenols is 1. The van der Waals surface area contributed by atoms with Crippen molar-refractivity contribution in [1.82, 2.24) is 4.31 Å². The number of aromatic carboxylic acids is 1. The lowest BCUT2D eigenvalue weighted by molar-refractivity contribution is 0.0693.